The summed E-state index contributed by atoms with van der Waals surface area (Å²) in [6, 6.07) is 18.3. The van der Waals surface area contributed by atoms with Gasteiger partial charge in [0.2, 0.25) is 0 Å². The fourth-order valence-electron chi connectivity index (χ4n) is 4.99. The van der Waals surface area contributed by atoms with E-state index in [1.54, 1.807) is 11.0 Å². The van der Waals surface area contributed by atoms with Crippen molar-refractivity contribution >= 4 is 17.5 Å². The van der Waals surface area contributed by atoms with Gasteiger partial charge in [-0.05, 0) is 73.4 Å². The molecule has 2 atom stereocenters. The van der Waals surface area contributed by atoms with Crippen LogP contribution in [0.5, 0.6) is 0 Å². The summed E-state index contributed by atoms with van der Waals surface area (Å²) in [6.07, 6.45) is -4.43. The molecule has 1 heterocycles. The number of likely N-dealkylation sites (tertiary alicyclic amines) is 1. The Labute approximate surface area is 219 Å². The summed E-state index contributed by atoms with van der Waals surface area (Å²) >= 11 is 6.02. The van der Waals surface area contributed by atoms with Crippen LogP contribution in [0.1, 0.15) is 46.8 Å². The average Bonchev–Trinajstić information content (AvgIpc) is 3.25. The van der Waals surface area contributed by atoms with Crippen LogP contribution in [-0.2, 0) is 12.7 Å². The van der Waals surface area contributed by atoms with Crippen molar-refractivity contribution in [2.75, 3.05) is 19.6 Å². The highest BCUT2D eigenvalue weighted by atomic mass is 35.5. The number of hydrogen-bond donors (Lipinski definition) is 0. The molecule has 0 unspecified atom stereocenters. The van der Waals surface area contributed by atoms with Crippen molar-refractivity contribution in [2.45, 2.75) is 38.5 Å². The van der Waals surface area contributed by atoms with Crippen LogP contribution in [0.25, 0.3) is 0 Å². The summed E-state index contributed by atoms with van der Waals surface area (Å²) in [6.45, 7) is 5.97. The van der Waals surface area contributed by atoms with Crippen molar-refractivity contribution in [3.05, 3.63) is 106 Å². The molecule has 1 aliphatic rings. The number of halogens is 5. The average molecular weight is 533 g/mol. The third-order valence-corrected chi connectivity index (χ3v) is 7.14. The van der Waals surface area contributed by atoms with Crippen LogP contribution >= 0.6 is 11.6 Å². The lowest BCUT2D eigenvalue weighted by atomic mass is 9.87. The quantitative estimate of drug-likeness (QED) is 0.299. The van der Waals surface area contributed by atoms with E-state index in [9.17, 15) is 22.4 Å². The van der Waals surface area contributed by atoms with Crippen LogP contribution in [0.3, 0.4) is 0 Å². The lowest BCUT2D eigenvalue weighted by Crippen LogP contribution is -2.42. The number of rotatable bonds is 7. The molecule has 0 aliphatic carbocycles. The van der Waals surface area contributed by atoms with Crippen LogP contribution in [0.4, 0.5) is 17.6 Å². The van der Waals surface area contributed by atoms with Crippen LogP contribution < -0.4 is 0 Å². The van der Waals surface area contributed by atoms with E-state index in [1.165, 1.54) is 36.4 Å². The smallest absolute Gasteiger partial charge is 0.336 e. The Bertz CT molecular complexity index is 1210. The molecule has 3 aromatic carbocycles. The van der Waals surface area contributed by atoms with Gasteiger partial charge in [-0.3, -0.25) is 9.69 Å². The minimum Gasteiger partial charge on any atom is -0.336 e. The van der Waals surface area contributed by atoms with Gasteiger partial charge < -0.3 is 4.90 Å². The van der Waals surface area contributed by atoms with E-state index in [1.807, 2.05) is 38.1 Å². The highest BCUT2D eigenvalue weighted by Crippen LogP contribution is 2.38. The van der Waals surface area contributed by atoms with Crippen LogP contribution in [0.2, 0.25) is 5.02 Å². The SMILES string of the molecule is CC(C)N(C[C@@H]1CN(Cc2ccc(Cl)cc2)C[C@H]1c1cccc(C(F)(F)F)c1)C(=O)c1ccc(F)cc1. The Hall–Kier alpha value is -2.90. The van der Waals surface area contributed by atoms with Gasteiger partial charge in [-0.25, -0.2) is 4.39 Å². The van der Waals surface area contributed by atoms with Crippen molar-refractivity contribution in [2.24, 2.45) is 5.92 Å². The molecule has 4 rings (SSSR count). The van der Waals surface area contributed by atoms with E-state index >= 15 is 0 Å². The first-order valence-electron chi connectivity index (χ1n) is 12.2. The Balaban J connectivity index is 1.62. The molecule has 37 heavy (non-hydrogen) atoms. The minimum absolute atomic E-state index is 0.0948. The van der Waals surface area contributed by atoms with Crippen LogP contribution in [0.15, 0.2) is 72.8 Å². The summed E-state index contributed by atoms with van der Waals surface area (Å²) in [4.78, 5) is 17.3. The van der Waals surface area contributed by atoms with Gasteiger partial charge in [-0.15, -0.1) is 0 Å². The number of nitrogens with zero attached hydrogens (tertiary/aromatic N) is 2. The summed E-state index contributed by atoms with van der Waals surface area (Å²) in [5, 5.41) is 0.636. The molecule has 0 radical (unpaired) electrons. The zero-order chi connectivity index (χ0) is 26.7. The Kier molecular flexibility index (Phi) is 8.24. The maximum atomic E-state index is 13.5. The molecule has 0 spiro atoms. The molecule has 8 heteroatoms. The molecule has 1 saturated heterocycles. The van der Waals surface area contributed by atoms with Gasteiger partial charge in [0.05, 0.1) is 5.56 Å². The van der Waals surface area contributed by atoms with Crippen molar-refractivity contribution in [3.8, 4) is 0 Å². The summed E-state index contributed by atoms with van der Waals surface area (Å²) in [5.74, 6) is -0.945. The van der Waals surface area contributed by atoms with Gasteiger partial charge in [-0.2, -0.15) is 13.2 Å². The van der Waals surface area contributed by atoms with Crippen molar-refractivity contribution in [1.29, 1.82) is 0 Å². The van der Waals surface area contributed by atoms with Gasteiger partial charge in [0.1, 0.15) is 5.82 Å². The van der Waals surface area contributed by atoms with Crippen LogP contribution in [0, 0.1) is 11.7 Å². The fraction of sp³-hybridized carbons (Fsp3) is 0.345. The van der Waals surface area contributed by atoms with Crippen molar-refractivity contribution in [1.82, 2.24) is 9.80 Å². The number of carbonyl (C=O) groups is 1. The largest absolute Gasteiger partial charge is 0.416 e. The number of benzene rings is 3. The first-order chi connectivity index (χ1) is 17.5. The lowest BCUT2D eigenvalue weighted by molar-refractivity contribution is -0.137. The van der Waals surface area contributed by atoms with Crippen molar-refractivity contribution < 1.29 is 22.4 Å². The second kappa shape index (κ2) is 11.2. The lowest BCUT2D eigenvalue weighted by Gasteiger charge is -2.32. The Morgan fingerprint density at radius 2 is 1.70 bits per heavy atom. The van der Waals surface area contributed by atoms with E-state index < -0.39 is 17.6 Å². The molecule has 0 aromatic heterocycles. The Morgan fingerprint density at radius 3 is 2.32 bits per heavy atom. The summed E-state index contributed by atoms with van der Waals surface area (Å²) in [5.41, 5.74) is 1.36. The second-order valence-electron chi connectivity index (χ2n) is 9.87. The number of carbonyl (C=O) groups excluding carboxylic acids is 1. The Morgan fingerprint density at radius 1 is 1.03 bits per heavy atom. The molecule has 3 nitrogen and oxygen atoms in total. The topological polar surface area (TPSA) is 23.6 Å². The molecule has 0 saturated carbocycles. The fourth-order valence-corrected chi connectivity index (χ4v) is 5.11. The van der Waals surface area contributed by atoms with E-state index in [2.05, 4.69) is 4.90 Å². The molecule has 1 amide bonds. The van der Waals surface area contributed by atoms with E-state index in [-0.39, 0.29) is 23.8 Å². The highest BCUT2D eigenvalue weighted by molar-refractivity contribution is 6.30. The summed E-state index contributed by atoms with van der Waals surface area (Å²) in [7, 11) is 0. The van der Waals surface area contributed by atoms with Gasteiger partial charge in [0.25, 0.3) is 5.91 Å². The van der Waals surface area contributed by atoms with Crippen LogP contribution in [-0.4, -0.2) is 41.4 Å². The first-order valence-corrected chi connectivity index (χ1v) is 12.6. The number of hydrogen-bond acceptors (Lipinski definition) is 2. The predicted molar refractivity (Wildman–Crippen MR) is 137 cm³/mol. The molecule has 196 valence electrons. The highest BCUT2D eigenvalue weighted by Gasteiger charge is 2.38. The molecule has 0 N–H and O–H groups in total. The van der Waals surface area contributed by atoms with Gasteiger partial charge >= 0.3 is 6.18 Å². The number of amides is 1. The molecule has 1 fully saturated rings. The van der Waals surface area contributed by atoms with E-state index in [0.717, 1.165) is 11.6 Å². The normalized spacial score (nSPS) is 18.4. The minimum atomic E-state index is -4.43. The molecular formula is C29H29ClF4N2O. The molecule has 0 bridgehead atoms. The zero-order valence-corrected chi connectivity index (χ0v) is 21.4. The van der Waals surface area contributed by atoms with E-state index in [4.69, 9.17) is 11.6 Å². The first kappa shape index (κ1) is 27.1. The zero-order valence-electron chi connectivity index (χ0n) is 20.7. The van der Waals surface area contributed by atoms with Gasteiger partial charge in [0.15, 0.2) is 0 Å². The second-order valence-corrected chi connectivity index (χ2v) is 10.3. The summed E-state index contributed by atoms with van der Waals surface area (Å²) < 4.78 is 53.9. The third kappa shape index (κ3) is 6.70. The van der Waals surface area contributed by atoms with Gasteiger partial charge in [-0.1, -0.05) is 41.9 Å². The molecule has 1 aliphatic heterocycles. The monoisotopic (exact) mass is 532 g/mol. The maximum absolute atomic E-state index is 13.5. The van der Waals surface area contributed by atoms with E-state index in [0.29, 0.717) is 42.3 Å². The molecule has 3 aromatic rings. The predicted octanol–water partition coefficient (Wildman–Crippen LogP) is 7.26. The third-order valence-electron chi connectivity index (χ3n) is 6.88. The molecular weight excluding hydrogens is 504 g/mol. The maximum Gasteiger partial charge on any atom is 0.416 e. The van der Waals surface area contributed by atoms with Gasteiger partial charge in [0, 0.05) is 48.7 Å². The number of alkyl halides is 3. The van der Waals surface area contributed by atoms with Crippen molar-refractivity contribution in [3.63, 3.8) is 0 Å². The standard InChI is InChI=1S/C29H29ClF4N2O/c1-19(2)36(28(37)21-8-12-26(31)13-9-21)17-23-16-35(15-20-6-10-25(30)11-7-20)18-27(23)22-4-3-5-24(14-22)29(32,33)34/h3-14,19,23,27H,15-18H2,1-2H3/t23-,27-/m0/s1.